The number of aromatic nitrogens is 1. The fraction of sp³-hybridized carbons (Fsp3) is 0.412. The summed E-state index contributed by atoms with van der Waals surface area (Å²) >= 11 is 0. The highest BCUT2D eigenvalue weighted by molar-refractivity contribution is 7.89. The van der Waals surface area contributed by atoms with E-state index < -0.39 is 10.0 Å². The van der Waals surface area contributed by atoms with Crippen molar-refractivity contribution in [3.63, 3.8) is 0 Å². The summed E-state index contributed by atoms with van der Waals surface area (Å²) in [7, 11) is 1.36. The lowest BCUT2D eigenvalue weighted by Gasteiger charge is -2.25. The van der Waals surface area contributed by atoms with Crippen molar-refractivity contribution >= 4 is 10.0 Å². The van der Waals surface area contributed by atoms with Crippen LogP contribution in [-0.4, -0.2) is 38.1 Å². The van der Waals surface area contributed by atoms with E-state index in [1.54, 1.807) is 16.4 Å². The molecule has 0 radical (unpaired) electrons. The molecule has 0 aliphatic carbocycles. The summed E-state index contributed by atoms with van der Waals surface area (Å²) in [6.07, 6.45) is 3.61. The lowest BCUT2D eigenvalue weighted by atomic mass is 10.1. The lowest BCUT2D eigenvalue weighted by Crippen LogP contribution is -2.31. The molecule has 0 spiro atoms. The van der Waals surface area contributed by atoms with Gasteiger partial charge in [0.25, 0.3) is 0 Å². The monoisotopic (exact) mass is 350 g/mol. The standard InChI is InChI=1S/C17H22N2O4S/c1-18-10-4-6-14(18)15-7-5-11-19(15)24(20,21)13-8-9-16(22-2)17(12-13)23-3/h4,6,8-10,12,15H,5,7,11H2,1-3H3/t15-/m1/s1. The molecule has 1 saturated heterocycles. The van der Waals surface area contributed by atoms with E-state index >= 15 is 0 Å². The van der Waals surface area contributed by atoms with Gasteiger partial charge in [-0.25, -0.2) is 8.42 Å². The number of sulfonamides is 1. The Morgan fingerprint density at radius 2 is 1.88 bits per heavy atom. The maximum Gasteiger partial charge on any atom is 0.243 e. The van der Waals surface area contributed by atoms with Crippen molar-refractivity contribution in [3.05, 3.63) is 42.2 Å². The van der Waals surface area contributed by atoms with E-state index in [1.165, 1.54) is 20.3 Å². The zero-order valence-corrected chi connectivity index (χ0v) is 14.9. The predicted molar refractivity (Wildman–Crippen MR) is 90.8 cm³/mol. The zero-order valence-electron chi connectivity index (χ0n) is 14.1. The van der Waals surface area contributed by atoms with Crippen molar-refractivity contribution in [3.8, 4) is 11.5 Å². The normalized spacial score (nSPS) is 18.7. The first-order valence-corrected chi connectivity index (χ1v) is 9.28. The van der Waals surface area contributed by atoms with E-state index in [9.17, 15) is 8.42 Å². The van der Waals surface area contributed by atoms with Crippen LogP contribution in [0, 0.1) is 0 Å². The van der Waals surface area contributed by atoms with Crippen LogP contribution in [0.15, 0.2) is 41.4 Å². The number of nitrogens with zero attached hydrogens (tertiary/aromatic N) is 2. The van der Waals surface area contributed by atoms with E-state index in [-0.39, 0.29) is 10.9 Å². The Kier molecular flexibility index (Phi) is 4.56. The van der Waals surface area contributed by atoms with Crippen LogP contribution in [0.2, 0.25) is 0 Å². The Morgan fingerprint density at radius 3 is 2.50 bits per heavy atom. The topological polar surface area (TPSA) is 60.8 Å². The molecule has 1 atom stereocenters. The minimum atomic E-state index is -3.60. The molecule has 0 unspecified atom stereocenters. The Labute approximate surface area is 142 Å². The summed E-state index contributed by atoms with van der Waals surface area (Å²) in [5, 5.41) is 0. The summed E-state index contributed by atoms with van der Waals surface area (Å²) in [4.78, 5) is 0.223. The second-order valence-electron chi connectivity index (χ2n) is 5.83. The smallest absolute Gasteiger partial charge is 0.243 e. The van der Waals surface area contributed by atoms with Gasteiger partial charge in [-0.15, -0.1) is 0 Å². The first-order chi connectivity index (χ1) is 11.5. The van der Waals surface area contributed by atoms with E-state index in [2.05, 4.69) is 0 Å². The van der Waals surface area contributed by atoms with Crippen LogP contribution < -0.4 is 9.47 Å². The van der Waals surface area contributed by atoms with E-state index in [0.717, 1.165) is 18.5 Å². The van der Waals surface area contributed by atoms with Gasteiger partial charge in [-0.05, 0) is 37.1 Å². The van der Waals surface area contributed by atoms with Crippen molar-refractivity contribution in [2.75, 3.05) is 20.8 Å². The molecule has 2 heterocycles. The molecule has 1 aromatic heterocycles. The number of benzene rings is 1. The van der Waals surface area contributed by atoms with Crippen molar-refractivity contribution in [1.29, 1.82) is 0 Å². The quantitative estimate of drug-likeness (QED) is 0.831. The molecule has 7 heteroatoms. The molecule has 1 fully saturated rings. The Morgan fingerprint density at radius 1 is 1.12 bits per heavy atom. The van der Waals surface area contributed by atoms with Crippen molar-refractivity contribution in [1.82, 2.24) is 8.87 Å². The van der Waals surface area contributed by atoms with Gasteiger partial charge in [0.1, 0.15) is 0 Å². The van der Waals surface area contributed by atoms with Gasteiger partial charge in [0, 0.05) is 31.5 Å². The van der Waals surface area contributed by atoms with E-state index in [0.29, 0.717) is 18.0 Å². The van der Waals surface area contributed by atoms with Gasteiger partial charge in [0.05, 0.1) is 25.2 Å². The first-order valence-electron chi connectivity index (χ1n) is 7.84. The highest BCUT2D eigenvalue weighted by Crippen LogP contribution is 2.38. The minimum Gasteiger partial charge on any atom is -0.493 e. The molecular formula is C17H22N2O4S. The number of rotatable bonds is 5. The summed E-state index contributed by atoms with van der Waals surface area (Å²) in [6, 6.07) is 8.50. The third kappa shape index (κ3) is 2.78. The number of ether oxygens (including phenoxy) is 2. The molecule has 1 aromatic carbocycles. The Balaban J connectivity index is 1.99. The molecule has 130 valence electrons. The molecule has 3 rings (SSSR count). The van der Waals surface area contributed by atoms with Crippen LogP contribution in [0.25, 0.3) is 0 Å². The second-order valence-corrected chi connectivity index (χ2v) is 7.73. The first kappa shape index (κ1) is 16.9. The molecule has 6 nitrogen and oxygen atoms in total. The Hall–Kier alpha value is -1.99. The molecule has 1 aliphatic rings. The van der Waals surface area contributed by atoms with Gasteiger partial charge in [-0.1, -0.05) is 0 Å². The number of hydrogen-bond donors (Lipinski definition) is 0. The van der Waals surface area contributed by atoms with Gasteiger partial charge in [-0.2, -0.15) is 4.31 Å². The van der Waals surface area contributed by atoms with Crippen LogP contribution in [0.3, 0.4) is 0 Å². The molecule has 0 bridgehead atoms. The van der Waals surface area contributed by atoms with Crippen LogP contribution in [0.5, 0.6) is 11.5 Å². The molecular weight excluding hydrogens is 328 g/mol. The van der Waals surface area contributed by atoms with Gasteiger partial charge in [0.2, 0.25) is 10.0 Å². The third-order valence-corrected chi connectivity index (χ3v) is 6.39. The van der Waals surface area contributed by atoms with Crippen molar-refractivity contribution in [2.24, 2.45) is 7.05 Å². The van der Waals surface area contributed by atoms with Crippen molar-refractivity contribution < 1.29 is 17.9 Å². The van der Waals surface area contributed by atoms with Gasteiger partial charge >= 0.3 is 0 Å². The second kappa shape index (κ2) is 6.49. The third-order valence-electron chi connectivity index (χ3n) is 4.49. The largest absolute Gasteiger partial charge is 0.493 e. The lowest BCUT2D eigenvalue weighted by molar-refractivity contribution is 0.353. The molecule has 0 amide bonds. The number of methoxy groups -OCH3 is 2. The number of aryl methyl sites for hydroxylation is 1. The summed E-state index contributed by atoms with van der Waals surface area (Å²) in [6.45, 7) is 0.520. The van der Waals surface area contributed by atoms with Gasteiger partial charge in [-0.3, -0.25) is 0 Å². The minimum absolute atomic E-state index is 0.136. The molecule has 24 heavy (non-hydrogen) atoms. The summed E-state index contributed by atoms with van der Waals surface area (Å²) < 4.78 is 40.3. The average molecular weight is 350 g/mol. The molecule has 0 saturated carbocycles. The summed E-state index contributed by atoms with van der Waals surface area (Å²) in [5.41, 5.74) is 1.01. The molecule has 0 N–H and O–H groups in total. The maximum absolute atomic E-state index is 13.1. The predicted octanol–water partition coefficient (Wildman–Crippen LogP) is 2.57. The van der Waals surface area contributed by atoms with Crippen LogP contribution >= 0.6 is 0 Å². The average Bonchev–Trinajstić information content (AvgIpc) is 3.22. The van der Waals surface area contributed by atoms with Crippen LogP contribution in [0.4, 0.5) is 0 Å². The van der Waals surface area contributed by atoms with E-state index in [4.69, 9.17) is 9.47 Å². The fourth-order valence-electron chi connectivity index (χ4n) is 3.26. The van der Waals surface area contributed by atoms with E-state index in [1.807, 2.05) is 29.9 Å². The Bertz CT molecular complexity index is 829. The molecule has 2 aromatic rings. The van der Waals surface area contributed by atoms with Gasteiger partial charge in [0.15, 0.2) is 11.5 Å². The van der Waals surface area contributed by atoms with Gasteiger partial charge < -0.3 is 14.0 Å². The summed E-state index contributed by atoms with van der Waals surface area (Å²) in [5.74, 6) is 0.921. The van der Waals surface area contributed by atoms with Crippen LogP contribution in [0.1, 0.15) is 24.6 Å². The van der Waals surface area contributed by atoms with Crippen LogP contribution in [-0.2, 0) is 17.1 Å². The number of hydrogen-bond acceptors (Lipinski definition) is 4. The highest BCUT2D eigenvalue weighted by Gasteiger charge is 2.37. The van der Waals surface area contributed by atoms with Crippen molar-refractivity contribution in [2.45, 2.75) is 23.8 Å². The fourth-order valence-corrected chi connectivity index (χ4v) is 4.94. The molecule has 1 aliphatic heterocycles. The zero-order chi connectivity index (χ0) is 17.3. The highest BCUT2D eigenvalue weighted by atomic mass is 32.2. The SMILES string of the molecule is COc1ccc(S(=O)(=O)N2CCC[C@@H]2c2cccn2C)cc1OC. The maximum atomic E-state index is 13.1.